The van der Waals surface area contributed by atoms with Crippen LogP contribution in [0, 0.1) is 0 Å². The molecular weight excluding hydrogens is 514 g/mol. The number of aromatic nitrogens is 4. The first-order chi connectivity index (χ1) is 19.0. The number of rotatable bonds is 10. The quantitative estimate of drug-likeness (QED) is 0.306. The van der Waals surface area contributed by atoms with Crippen LogP contribution in [0.25, 0.3) is 11.8 Å². The monoisotopic (exact) mass is 537 g/mol. The molecule has 0 spiro atoms. The second kappa shape index (κ2) is 12.2. The molecule has 9 nitrogen and oxygen atoms in total. The van der Waals surface area contributed by atoms with E-state index in [1.807, 2.05) is 54.6 Å². The van der Waals surface area contributed by atoms with Gasteiger partial charge in [-0.05, 0) is 57.8 Å². The molecule has 3 aromatic carbocycles. The number of nitrogens with one attached hydrogen (secondary N) is 1. The summed E-state index contributed by atoms with van der Waals surface area (Å²) < 4.78 is 1.48. The summed E-state index contributed by atoms with van der Waals surface area (Å²) in [5, 5.41) is 22.6. The molecule has 0 fully saturated rings. The topological polar surface area (TPSA) is 114 Å². The van der Waals surface area contributed by atoms with E-state index in [9.17, 15) is 9.59 Å². The molecule has 1 aliphatic heterocycles. The second-order valence-corrected chi connectivity index (χ2v) is 9.37. The second-order valence-electron chi connectivity index (χ2n) is 8.93. The molecule has 1 amide bonds. The maximum atomic E-state index is 13.4. The van der Waals surface area contributed by atoms with Gasteiger partial charge in [0.15, 0.2) is 5.78 Å². The Bertz CT molecular complexity index is 1550. The highest BCUT2D eigenvalue weighted by Gasteiger charge is 2.21. The van der Waals surface area contributed by atoms with Crippen LogP contribution in [0.3, 0.4) is 0 Å². The summed E-state index contributed by atoms with van der Waals surface area (Å²) in [6.45, 7) is 0. The largest absolute Gasteiger partial charge is 0.342 e. The highest BCUT2D eigenvalue weighted by atomic mass is 35.5. The predicted molar refractivity (Wildman–Crippen MR) is 150 cm³/mol. The third-order valence-corrected chi connectivity index (χ3v) is 6.43. The van der Waals surface area contributed by atoms with Crippen molar-refractivity contribution in [1.82, 2.24) is 25.5 Å². The van der Waals surface area contributed by atoms with E-state index >= 15 is 0 Å². The Morgan fingerprint density at radius 2 is 1.85 bits per heavy atom. The van der Waals surface area contributed by atoms with Gasteiger partial charge in [-0.2, -0.15) is 14.9 Å². The number of carbonyl (C=O) groups is 2. The molecule has 1 atom stereocenters. The van der Waals surface area contributed by atoms with Crippen molar-refractivity contribution in [3.05, 3.63) is 112 Å². The first-order valence-electron chi connectivity index (χ1n) is 12.3. The van der Waals surface area contributed by atoms with Crippen molar-refractivity contribution in [2.75, 3.05) is 0 Å². The number of hydrogen-bond donors (Lipinski definition) is 1. The lowest BCUT2D eigenvalue weighted by Crippen LogP contribution is -2.42. The zero-order chi connectivity index (χ0) is 27.0. The Labute approximate surface area is 229 Å². The summed E-state index contributed by atoms with van der Waals surface area (Å²) in [5.74, 6) is -0.492. The van der Waals surface area contributed by atoms with Gasteiger partial charge in [0, 0.05) is 35.7 Å². The van der Waals surface area contributed by atoms with Crippen LogP contribution in [0.1, 0.15) is 28.7 Å². The van der Waals surface area contributed by atoms with E-state index < -0.39 is 11.9 Å². The molecule has 0 unspecified atom stereocenters. The molecule has 4 aromatic rings. The molecule has 194 valence electrons. The van der Waals surface area contributed by atoms with Crippen LogP contribution in [0.15, 0.2) is 95.4 Å². The first-order valence-corrected chi connectivity index (χ1v) is 12.7. The van der Waals surface area contributed by atoms with Crippen LogP contribution >= 0.6 is 11.6 Å². The average Bonchev–Trinajstić information content (AvgIpc) is 3.68. The average molecular weight is 538 g/mol. The molecule has 1 N–H and O–H groups in total. The fraction of sp³-hybridized carbons (Fsp3) is 0.138. The first kappa shape index (κ1) is 25.9. The highest BCUT2D eigenvalue weighted by molar-refractivity contribution is 6.30. The minimum absolute atomic E-state index is 0.0907. The molecule has 39 heavy (non-hydrogen) atoms. The third-order valence-electron chi connectivity index (χ3n) is 6.20. The van der Waals surface area contributed by atoms with Crippen LogP contribution in [-0.4, -0.2) is 49.9 Å². The summed E-state index contributed by atoms with van der Waals surface area (Å²) in [6.07, 6.45) is 7.47. The number of nitrogens with zero attached hydrogens (tertiary/aromatic N) is 6. The smallest absolute Gasteiger partial charge is 0.244 e. The van der Waals surface area contributed by atoms with Gasteiger partial charge in [0.05, 0.1) is 17.4 Å². The Morgan fingerprint density at radius 1 is 1.03 bits per heavy atom. The number of hydrogen-bond acceptors (Lipinski definition) is 7. The molecule has 0 aliphatic carbocycles. The van der Waals surface area contributed by atoms with Gasteiger partial charge < -0.3 is 5.32 Å². The van der Waals surface area contributed by atoms with Gasteiger partial charge in [0.2, 0.25) is 5.91 Å². The number of halogens is 1. The summed E-state index contributed by atoms with van der Waals surface area (Å²) in [6, 6.07) is 21.8. The minimum atomic E-state index is -0.713. The Kier molecular flexibility index (Phi) is 8.09. The van der Waals surface area contributed by atoms with Gasteiger partial charge >= 0.3 is 0 Å². The van der Waals surface area contributed by atoms with E-state index in [1.165, 1.54) is 17.1 Å². The number of Topliss-reactive ketones (excluding diaryl/α,β-unsaturated/α-hetero) is 1. The van der Waals surface area contributed by atoms with E-state index in [2.05, 4.69) is 31.0 Å². The number of amides is 1. The lowest BCUT2D eigenvalue weighted by molar-refractivity contribution is -0.125. The molecule has 1 aliphatic rings. The van der Waals surface area contributed by atoms with Crippen molar-refractivity contribution < 1.29 is 9.59 Å². The van der Waals surface area contributed by atoms with Crippen LogP contribution in [0.5, 0.6) is 0 Å². The van der Waals surface area contributed by atoms with Crippen molar-refractivity contribution in [2.24, 2.45) is 10.2 Å². The molecule has 10 heteroatoms. The number of carbonyl (C=O) groups excluding carboxylic acids is 2. The van der Waals surface area contributed by atoms with Crippen molar-refractivity contribution in [1.29, 1.82) is 0 Å². The zero-order valence-corrected chi connectivity index (χ0v) is 21.6. The number of benzene rings is 3. The highest BCUT2D eigenvalue weighted by Crippen LogP contribution is 2.20. The Hall–Kier alpha value is -4.76. The van der Waals surface area contributed by atoms with E-state index in [0.717, 1.165) is 22.4 Å². The van der Waals surface area contributed by atoms with Gasteiger partial charge in [-0.15, -0.1) is 5.10 Å². The molecular formula is C29H24ClN7O2. The standard InChI is InChI=1S/C29H24ClN7O2/c30-24-11-12-27(37-19-32-35-36-37)23(18-24)10-13-29(39)33-26(16-20-4-2-1-3-5-20)28(38)17-21-6-8-22(9-7-21)25-14-15-31-34-25/h1-13,15,18-19,26H,14,16-17H2,(H,33,39)/b13-10+/t26-/m0/s1. The van der Waals surface area contributed by atoms with Crippen molar-refractivity contribution in [3.8, 4) is 5.69 Å². The summed E-state index contributed by atoms with van der Waals surface area (Å²) in [7, 11) is 0. The van der Waals surface area contributed by atoms with Gasteiger partial charge in [-0.3, -0.25) is 9.59 Å². The Morgan fingerprint density at radius 3 is 2.56 bits per heavy atom. The Balaban J connectivity index is 1.31. The molecule has 5 rings (SSSR count). The van der Waals surface area contributed by atoms with E-state index in [-0.39, 0.29) is 12.2 Å². The van der Waals surface area contributed by atoms with Gasteiger partial charge in [-0.1, -0.05) is 66.2 Å². The molecule has 0 saturated carbocycles. The zero-order valence-electron chi connectivity index (χ0n) is 20.8. The fourth-order valence-corrected chi connectivity index (χ4v) is 4.39. The van der Waals surface area contributed by atoms with E-state index in [4.69, 9.17) is 11.6 Å². The number of tetrazole rings is 1. The maximum absolute atomic E-state index is 13.4. The minimum Gasteiger partial charge on any atom is -0.342 e. The SMILES string of the molecule is O=C(/C=C/c1cc(Cl)ccc1-n1cnnn1)N[C@@H](Cc1ccccc1)C(=O)Cc1ccc(C2=NN=CC2)cc1. The third kappa shape index (κ3) is 6.77. The van der Waals surface area contributed by atoms with E-state index in [1.54, 1.807) is 30.5 Å². The maximum Gasteiger partial charge on any atom is 0.244 e. The van der Waals surface area contributed by atoms with Crippen molar-refractivity contribution in [3.63, 3.8) is 0 Å². The van der Waals surface area contributed by atoms with Gasteiger partial charge in [-0.25, -0.2) is 0 Å². The normalized spacial score (nSPS) is 13.4. The fourth-order valence-electron chi connectivity index (χ4n) is 4.21. The molecule has 1 aromatic heterocycles. The summed E-state index contributed by atoms with van der Waals surface area (Å²) in [4.78, 5) is 26.4. The van der Waals surface area contributed by atoms with Crippen LogP contribution in [0.4, 0.5) is 0 Å². The van der Waals surface area contributed by atoms with Gasteiger partial charge in [0.1, 0.15) is 6.33 Å². The van der Waals surface area contributed by atoms with Crippen LogP contribution < -0.4 is 5.32 Å². The molecule has 0 radical (unpaired) electrons. The van der Waals surface area contributed by atoms with Crippen molar-refractivity contribution in [2.45, 2.75) is 25.3 Å². The molecule has 0 bridgehead atoms. The lowest BCUT2D eigenvalue weighted by Gasteiger charge is -2.17. The lowest BCUT2D eigenvalue weighted by atomic mass is 9.96. The molecule has 2 heterocycles. The molecule has 0 saturated heterocycles. The van der Waals surface area contributed by atoms with Gasteiger partial charge in [0.25, 0.3) is 0 Å². The van der Waals surface area contributed by atoms with E-state index in [0.29, 0.717) is 29.1 Å². The number of ketones is 1. The van der Waals surface area contributed by atoms with Crippen LogP contribution in [-0.2, 0) is 22.4 Å². The summed E-state index contributed by atoms with van der Waals surface area (Å²) >= 11 is 6.18. The summed E-state index contributed by atoms with van der Waals surface area (Å²) in [5.41, 5.74) is 4.99. The van der Waals surface area contributed by atoms with Crippen molar-refractivity contribution >= 4 is 41.3 Å². The van der Waals surface area contributed by atoms with Crippen LogP contribution in [0.2, 0.25) is 5.02 Å². The predicted octanol–water partition coefficient (Wildman–Crippen LogP) is 4.05.